The molecule has 2 aromatic heterocycles. The van der Waals surface area contributed by atoms with Crippen LogP contribution in [0.5, 0.6) is 0 Å². The molecule has 0 atom stereocenters. The molecule has 0 spiro atoms. The molecule has 24 heavy (non-hydrogen) atoms. The zero-order valence-electron chi connectivity index (χ0n) is 14.4. The van der Waals surface area contributed by atoms with Gasteiger partial charge < -0.3 is 9.47 Å². The second-order valence-corrected chi connectivity index (χ2v) is 7.12. The van der Waals surface area contributed by atoms with E-state index in [1.807, 2.05) is 18.5 Å². The third kappa shape index (κ3) is 2.61. The summed E-state index contributed by atoms with van der Waals surface area (Å²) in [5.74, 6) is 1.04. The molecule has 1 aromatic carbocycles. The highest BCUT2D eigenvalue weighted by atomic mass is 15.2. The predicted octanol–water partition coefficient (Wildman–Crippen LogP) is 3.97. The van der Waals surface area contributed by atoms with Crippen LogP contribution in [0.4, 0.5) is 0 Å². The van der Waals surface area contributed by atoms with Gasteiger partial charge in [-0.3, -0.25) is 4.98 Å². The van der Waals surface area contributed by atoms with E-state index in [1.165, 1.54) is 31.1 Å². The third-order valence-electron chi connectivity index (χ3n) is 5.53. The van der Waals surface area contributed by atoms with Crippen LogP contribution in [-0.2, 0) is 6.54 Å². The average Bonchev–Trinajstić information content (AvgIpc) is 3.25. The van der Waals surface area contributed by atoms with Gasteiger partial charge in [0, 0.05) is 41.6 Å². The van der Waals surface area contributed by atoms with Crippen LogP contribution >= 0.6 is 0 Å². The van der Waals surface area contributed by atoms with Crippen LogP contribution in [-0.4, -0.2) is 39.1 Å². The Morgan fingerprint density at radius 1 is 1.08 bits per heavy atom. The molecule has 0 aliphatic heterocycles. The number of benzene rings is 1. The van der Waals surface area contributed by atoms with Gasteiger partial charge in [0.15, 0.2) is 0 Å². The van der Waals surface area contributed by atoms with E-state index in [4.69, 9.17) is 0 Å². The Hall–Kier alpha value is -2.20. The first-order valence-corrected chi connectivity index (χ1v) is 8.72. The van der Waals surface area contributed by atoms with Crippen molar-refractivity contribution in [1.29, 1.82) is 0 Å². The van der Waals surface area contributed by atoms with Crippen LogP contribution in [0.15, 0.2) is 48.9 Å². The lowest BCUT2D eigenvalue weighted by Gasteiger charge is -2.37. The van der Waals surface area contributed by atoms with Gasteiger partial charge in [-0.05, 0) is 39.1 Å². The molecule has 1 saturated carbocycles. The fraction of sp³-hybridized carbons (Fsp3) is 0.400. The van der Waals surface area contributed by atoms with Crippen LogP contribution in [0.3, 0.4) is 0 Å². The molecular weight excluding hydrogens is 296 g/mol. The highest BCUT2D eigenvalue weighted by Gasteiger charge is 2.36. The Labute approximate surface area is 143 Å². The SMILES string of the molecule is CN(C)C1(Cn2ccnc2-c2ccc3cccnc3c2)CCCC1. The Morgan fingerprint density at radius 3 is 2.71 bits per heavy atom. The number of hydrogen-bond donors (Lipinski definition) is 0. The number of fused-ring (bicyclic) bond motifs is 1. The van der Waals surface area contributed by atoms with Gasteiger partial charge in [0.05, 0.1) is 5.52 Å². The normalized spacial score (nSPS) is 17.0. The van der Waals surface area contributed by atoms with Crippen LogP contribution < -0.4 is 0 Å². The topological polar surface area (TPSA) is 34.0 Å². The minimum Gasteiger partial charge on any atom is -0.329 e. The van der Waals surface area contributed by atoms with Crippen molar-refractivity contribution in [1.82, 2.24) is 19.4 Å². The number of pyridine rings is 1. The summed E-state index contributed by atoms with van der Waals surface area (Å²) in [5.41, 5.74) is 2.41. The zero-order valence-corrected chi connectivity index (χ0v) is 14.4. The first kappa shape index (κ1) is 15.3. The molecule has 0 N–H and O–H groups in total. The minimum atomic E-state index is 0.255. The summed E-state index contributed by atoms with van der Waals surface area (Å²) < 4.78 is 2.31. The summed E-state index contributed by atoms with van der Waals surface area (Å²) in [5, 5.41) is 1.17. The molecule has 2 heterocycles. The van der Waals surface area contributed by atoms with Gasteiger partial charge >= 0.3 is 0 Å². The van der Waals surface area contributed by atoms with Crippen LogP contribution in [0.25, 0.3) is 22.3 Å². The Kier molecular flexibility index (Phi) is 3.85. The number of hydrogen-bond acceptors (Lipinski definition) is 3. The maximum Gasteiger partial charge on any atom is 0.140 e. The van der Waals surface area contributed by atoms with E-state index in [9.17, 15) is 0 Å². The predicted molar refractivity (Wildman–Crippen MR) is 97.9 cm³/mol. The van der Waals surface area contributed by atoms with Crippen molar-refractivity contribution in [3.05, 3.63) is 48.9 Å². The molecule has 4 rings (SSSR count). The molecule has 0 amide bonds. The lowest BCUT2D eigenvalue weighted by molar-refractivity contribution is 0.134. The van der Waals surface area contributed by atoms with Crippen molar-refractivity contribution in [3.8, 4) is 11.4 Å². The summed E-state index contributed by atoms with van der Waals surface area (Å²) in [7, 11) is 4.42. The molecule has 4 heteroatoms. The monoisotopic (exact) mass is 320 g/mol. The molecule has 0 saturated heterocycles. The second kappa shape index (κ2) is 6.02. The Balaban J connectivity index is 1.71. The molecule has 0 radical (unpaired) electrons. The van der Waals surface area contributed by atoms with E-state index in [2.05, 4.69) is 64.0 Å². The molecule has 0 bridgehead atoms. The van der Waals surface area contributed by atoms with Gasteiger partial charge in [0.25, 0.3) is 0 Å². The summed E-state index contributed by atoms with van der Waals surface area (Å²) in [6.07, 6.45) is 11.0. The summed E-state index contributed by atoms with van der Waals surface area (Å²) in [6.45, 7) is 0.996. The Bertz CT molecular complexity index is 843. The Morgan fingerprint density at radius 2 is 1.92 bits per heavy atom. The first-order valence-electron chi connectivity index (χ1n) is 8.72. The third-order valence-corrected chi connectivity index (χ3v) is 5.53. The smallest absolute Gasteiger partial charge is 0.140 e. The van der Waals surface area contributed by atoms with Crippen LogP contribution in [0.1, 0.15) is 25.7 Å². The summed E-state index contributed by atoms with van der Waals surface area (Å²) in [6, 6.07) is 10.5. The maximum absolute atomic E-state index is 4.64. The lowest BCUT2D eigenvalue weighted by Crippen LogP contribution is -2.45. The van der Waals surface area contributed by atoms with Crippen molar-refractivity contribution in [2.75, 3.05) is 14.1 Å². The van der Waals surface area contributed by atoms with Gasteiger partial charge in [-0.2, -0.15) is 0 Å². The van der Waals surface area contributed by atoms with Gasteiger partial charge in [-0.1, -0.05) is 31.0 Å². The van der Waals surface area contributed by atoms with E-state index in [0.717, 1.165) is 23.4 Å². The van der Waals surface area contributed by atoms with Crippen molar-refractivity contribution >= 4 is 10.9 Å². The number of likely N-dealkylation sites (N-methyl/N-ethyl adjacent to an activating group) is 1. The highest BCUT2D eigenvalue weighted by Crippen LogP contribution is 2.36. The molecule has 1 aliphatic rings. The second-order valence-electron chi connectivity index (χ2n) is 7.12. The number of aromatic nitrogens is 3. The fourth-order valence-electron chi connectivity index (χ4n) is 4.00. The van der Waals surface area contributed by atoms with Crippen LogP contribution in [0.2, 0.25) is 0 Å². The van der Waals surface area contributed by atoms with Crippen molar-refractivity contribution < 1.29 is 0 Å². The summed E-state index contributed by atoms with van der Waals surface area (Å²) in [4.78, 5) is 11.5. The molecule has 1 fully saturated rings. The van der Waals surface area contributed by atoms with Gasteiger partial charge in [0.2, 0.25) is 0 Å². The first-order chi connectivity index (χ1) is 11.7. The molecule has 1 aliphatic carbocycles. The van der Waals surface area contributed by atoms with Crippen molar-refractivity contribution in [3.63, 3.8) is 0 Å². The summed E-state index contributed by atoms with van der Waals surface area (Å²) >= 11 is 0. The number of rotatable bonds is 4. The van der Waals surface area contributed by atoms with E-state index >= 15 is 0 Å². The number of imidazole rings is 1. The standard InChI is InChI=1S/C20H24N4/c1-23(2)20(9-3-4-10-20)15-24-13-12-22-19(24)17-8-7-16-6-5-11-21-18(16)14-17/h5-8,11-14H,3-4,9-10,15H2,1-2H3. The average molecular weight is 320 g/mol. The fourth-order valence-corrected chi connectivity index (χ4v) is 4.00. The van der Waals surface area contributed by atoms with Gasteiger partial charge in [-0.15, -0.1) is 0 Å². The zero-order chi connectivity index (χ0) is 16.6. The number of nitrogens with zero attached hydrogens (tertiary/aromatic N) is 4. The highest BCUT2D eigenvalue weighted by molar-refractivity contribution is 5.82. The minimum absolute atomic E-state index is 0.255. The maximum atomic E-state index is 4.64. The molecule has 4 nitrogen and oxygen atoms in total. The molecular formula is C20H24N4. The van der Waals surface area contributed by atoms with Crippen LogP contribution in [0, 0.1) is 0 Å². The van der Waals surface area contributed by atoms with Crippen molar-refractivity contribution in [2.45, 2.75) is 37.8 Å². The molecule has 124 valence electrons. The van der Waals surface area contributed by atoms with E-state index < -0.39 is 0 Å². The van der Waals surface area contributed by atoms with Gasteiger partial charge in [-0.25, -0.2) is 4.98 Å². The largest absolute Gasteiger partial charge is 0.329 e. The van der Waals surface area contributed by atoms with E-state index in [0.29, 0.717) is 0 Å². The van der Waals surface area contributed by atoms with Gasteiger partial charge in [0.1, 0.15) is 5.82 Å². The molecule has 3 aromatic rings. The molecule has 0 unspecified atom stereocenters. The van der Waals surface area contributed by atoms with E-state index in [1.54, 1.807) is 0 Å². The quantitative estimate of drug-likeness (QED) is 0.729. The van der Waals surface area contributed by atoms with E-state index in [-0.39, 0.29) is 5.54 Å². The lowest BCUT2D eigenvalue weighted by atomic mass is 9.95. The van der Waals surface area contributed by atoms with Crippen molar-refractivity contribution in [2.24, 2.45) is 0 Å².